The fourth-order valence-electron chi connectivity index (χ4n) is 2.91. The lowest BCUT2D eigenvalue weighted by Crippen LogP contribution is -2.36. The number of hydrogen-bond acceptors (Lipinski definition) is 4. The second kappa shape index (κ2) is 6.06. The standard InChI is InChI=1S/C15H19BrN4/c1-17-9-11-3-6-20(7-4-11)14-2-5-18-13-8-12(16)10-19-15(13)14/h2,5,8,10-11,17H,3-4,6-7,9H2,1H3. The van der Waals surface area contributed by atoms with Gasteiger partial charge in [-0.3, -0.25) is 9.97 Å². The molecule has 0 amide bonds. The van der Waals surface area contributed by atoms with Crippen LogP contribution >= 0.6 is 15.9 Å². The molecule has 3 rings (SSSR count). The summed E-state index contributed by atoms with van der Waals surface area (Å²) in [5.74, 6) is 0.798. The van der Waals surface area contributed by atoms with Crippen LogP contribution in [-0.4, -0.2) is 36.6 Å². The minimum atomic E-state index is 0.798. The van der Waals surface area contributed by atoms with Crippen LogP contribution in [0.15, 0.2) is 29.0 Å². The molecule has 0 aliphatic carbocycles. The van der Waals surface area contributed by atoms with Crippen LogP contribution in [0.1, 0.15) is 12.8 Å². The van der Waals surface area contributed by atoms with Gasteiger partial charge in [0.2, 0.25) is 0 Å². The van der Waals surface area contributed by atoms with E-state index in [0.717, 1.165) is 41.1 Å². The Morgan fingerprint density at radius 2 is 2.15 bits per heavy atom. The summed E-state index contributed by atoms with van der Waals surface area (Å²) in [6.45, 7) is 3.32. The molecule has 1 aliphatic rings. The van der Waals surface area contributed by atoms with Crippen LogP contribution in [0.5, 0.6) is 0 Å². The van der Waals surface area contributed by atoms with E-state index in [1.807, 2.05) is 25.5 Å². The summed E-state index contributed by atoms with van der Waals surface area (Å²) in [6, 6.07) is 4.11. The summed E-state index contributed by atoms with van der Waals surface area (Å²) in [7, 11) is 2.03. The zero-order valence-corrected chi connectivity index (χ0v) is 13.2. The number of halogens is 1. The van der Waals surface area contributed by atoms with Gasteiger partial charge in [0.25, 0.3) is 0 Å². The Labute approximate surface area is 127 Å². The second-order valence-electron chi connectivity index (χ2n) is 5.34. The van der Waals surface area contributed by atoms with Crippen molar-refractivity contribution in [3.8, 4) is 0 Å². The number of aromatic nitrogens is 2. The van der Waals surface area contributed by atoms with Crippen LogP contribution in [0.2, 0.25) is 0 Å². The van der Waals surface area contributed by atoms with Crippen molar-refractivity contribution in [1.82, 2.24) is 15.3 Å². The third kappa shape index (κ3) is 2.79. The van der Waals surface area contributed by atoms with Gasteiger partial charge in [0.15, 0.2) is 0 Å². The molecule has 0 bridgehead atoms. The highest BCUT2D eigenvalue weighted by molar-refractivity contribution is 9.10. The molecule has 3 heterocycles. The topological polar surface area (TPSA) is 41.0 Å². The van der Waals surface area contributed by atoms with Crippen molar-refractivity contribution in [3.63, 3.8) is 0 Å². The molecular weight excluding hydrogens is 316 g/mol. The van der Waals surface area contributed by atoms with Crippen molar-refractivity contribution < 1.29 is 0 Å². The Morgan fingerprint density at radius 3 is 2.90 bits per heavy atom. The molecule has 0 spiro atoms. The van der Waals surface area contributed by atoms with Gasteiger partial charge >= 0.3 is 0 Å². The van der Waals surface area contributed by atoms with E-state index in [4.69, 9.17) is 0 Å². The SMILES string of the molecule is CNCC1CCN(c2ccnc3cc(Br)cnc23)CC1. The van der Waals surface area contributed by atoms with E-state index in [1.54, 1.807) is 0 Å². The van der Waals surface area contributed by atoms with E-state index in [2.05, 4.69) is 42.2 Å². The van der Waals surface area contributed by atoms with E-state index in [9.17, 15) is 0 Å². The normalized spacial score (nSPS) is 16.8. The van der Waals surface area contributed by atoms with E-state index in [0.29, 0.717) is 0 Å². The molecule has 0 radical (unpaired) electrons. The number of anilines is 1. The number of piperidine rings is 1. The number of pyridine rings is 2. The Morgan fingerprint density at radius 1 is 1.35 bits per heavy atom. The number of hydrogen-bond donors (Lipinski definition) is 1. The van der Waals surface area contributed by atoms with Crippen molar-refractivity contribution >= 4 is 32.7 Å². The van der Waals surface area contributed by atoms with Gasteiger partial charge in [0.1, 0.15) is 5.52 Å². The van der Waals surface area contributed by atoms with Crippen LogP contribution < -0.4 is 10.2 Å². The Kier molecular flexibility index (Phi) is 4.17. The largest absolute Gasteiger partial charge is 0.370 e. The molecule has 0 saturated carbocycles. The van der Waals surface area contributed by atoms with E-state index < -0.39 is 0 Å². The maximum Gasteiger partial charge on any atom is 0.112 e. The van der Waals surface area contributed by atoms with Crippen molar-refractivity contribution in [2.45, 2.75) is 12.8 Å². The number of fused-ring (bicyclic) bond motifs is 1. The molecule has 0 aromatic carbocycles. The highest BCUT2D eigenvalue weighted by Crippen LogP contribution is 2.28. The summed E-state index contributed by atoms with van der Waals surface area (Å²) >= 11 is 3.46. The van der Waals surface area contributed by atoms with Gasteiger partial charge in [-0.1, -0.05) is 0 Å². The first-order valence-corrected chi connectivity index (χ1v) is 7.87. The van der Waals surface area contributed by atoms with Crippen LogP contribution in [-0.2, 0) is 0 Å². The fraction of sp³-hybridized carbons (Fsp3) is 0.467. The summed E-state index contributed by atoms with van der Waals surface area (Å²) in [5, 5.41) is 3.28. The average Bonchev–Trinajstić information content (AvgIpc) is 2.47. The molecule has 5 heteroatoms. The molecule has 1 saturated heterocycles. The number of rotatable bonds is 3. The monoisotopic (exact) mass is 334 g/mol. The summed E-state index contributed by atoms with van der Waals surface area (Å²) in [6.07, 6.45) is 6.20. The van der Waals surface area contributed by atoms with Gasteiger partial charge in [-0.2, -0.15) is 0 Å². The highest BCUT2D eigenvalue weighted by atomic mass is 79.9. The molecule has 106 valence electrons. The molecule has 20 heavy (non-hydrogen) atoms. The zero-order chi connectivity index (χ0) is 13.9. The zero-order valence-electron chi connectivity index (χ0n) is 11.6. The van der Waals surface area contributed by atoms with Crippen LogP contribution in [0.25, 0.3) is 11.0 Å². The molecule has 4 nitrogen and oxygen atoms in total. The molecule has 1 N–H and O–H groups in total. The van der Waals surface area contributed by atoms with Crippen molar-refractivity contribution in [2.24, 2.45) is 5.92 Å². The third-order valence-electron chi connectivity index (χ3n) is 3.97. The molecule has 0 unspecified atom stereocenters. The predicted octanol–water partition coefficient (Wildman–Crippen LogP) is 2.83. The van der Waals surface area contributed by atoms with Crippen molar-refractivity contribution in [1.29, 1.82) is 0 Å². The number of nitrogens with one attached hydrogen (secondary N) is 1. The first-order chi connectivity index (χ1) is 9.78. The summed E-state index contributed by atoms with van der Waals surface area (Å²) in [4.78, 5) is 11.4. The van der Waals surface area contributed by atoms with Gasteiger partial charge in [0.05, 0.1) is 11.2 Å². The predicted molar refractivity (Wildman–Crippen MR) is 86.1 cm³/mol. The van der Waals surface area contributed by atoms with Gasteiger partial charge in [-0.15, -0.1) is 0 Å². The average molecular weight is 335 g/mol. The third-order valence-corrected chi connectivity index (χ3v) is 4.40. The van der Waals surface area contributed by atoms with Gasteiger partial charge in [0, 0.05) is 30.0 Å². The first kappa shape index (κ1) is 13.8. The summed E-state index contributed by atoms with van der Waals surface area (Å²) < 4.78 is 0.974. The smallest absolute Gasteiger partial charge is 0.112 e. The molecular formula is C15H19BrN4. The number of nitrogens with zero attached hydrogens (tertiary/aromatic N) is 3. The minimum Gasteiger partial charge on any atom is -0.370 e. The molecule has 0 atom stereocenters. The van der Waals surface area contributed by atoms with E-state index in [1.165, 1.54) is 18.5 Å². The first-order valence-electron chi connectivity index (χ1n) is 7.07. The minimum absolute atomic E-state index is 0.798. The van der Waals surface area contributed by atoms with Gasteiger partial charge in [-0.25, -0.2) is 0 Å². The van der Waals surface area contributed by atoms with Crippen LogP contribution in [0.4, 0.5) is 5.69 Å². The lowest BCUT2D eigenvalue weighted by atomic mass is 9.96. The maximum atomic E-state index is 4.55. The highest BCUT2D eigenvalue weighted by Gasteiger charge is 2.20. The Balaban J connectivity index is 1.84. The Bertz CT molecular complexity index is 593. The maximum absolute atomic E-state index is 4.55. The molecule has 2 aromatic heterocycles. The lowest BCUT2D eigenvalue weighted by Gasteiger charge is -2.33. The van der Waals surface area contributed by atoms with E-state index in [-0.39, 0.29) is 0 Å². The van der Waals surface area contributed by atoms with Crippen molar-refractivity contribution in [2.75, 3.05) is 31.6 Å². The Hall–Kier alpha value is -1.20. The van der Waals surface area contributed by atoms with E-state index >= 15 is 0 Å². The molecule has 1 fully saturated rings. The van der Waals surface area contributed by atoms with Gasteiger partial charge in [-0.05, 0) is 60.4 Å². The fourth-order valence-corrected chi connectivity index (χ4v) is 3.23. The quantitative estimate of drug-likeness (QED) is 0.937. The van der Waals surface area contributed by atoms with Gasteiger partial charge < -0.3 is 10.2 Å². The van der Waals surface area contributed by atoms with Crippen LogP contribution in [0, 0.1) is 5.92 Å². The second-order valence-corrected chi connectivity index (χ2v) is 6.26. The molecule has 2 aromatic rings. The summed E-state index contributed by atoms with van der Waals surface area (Å²) in [5.41, 5.74) is 3.17. The van der Waals surface area contributed by atoms with Crippen LogP contribution in [0.3, 0.4) is 0 Å². The lowest BCUT2D eigenvalue weighted by molar-refractivity contribution is 0.394. The van der Waals surface area contributed by atoms with Crippen molar-refractivity contribution in [3.05, 3.63) is 29.0 Å². The molecule has 1 aliphatic heterocycles.